The fourth-order valence-corrected chi connectivity index (χ4v) is 0.876. The van der Waals surface area contributed by atoms with Crippen molar-refractivity contribution < 1.29 is 9.53 Å². The summed E-state index contributed by atoms with van der Waals surface area (Å²) >= 11 is 0. The van der Waals surface area contributed by atoms with E-state index in [0.29, 0.717) is 0 Å². The van der Waals surface area contributed by atoms with E-state index in [1.54, 1.807) is 0 Å². The van der Waals surface area contributed by atoms with Gasteiger partial charge in [0, 0.05) is 6.20 Å². The summed E-state index contributed by atoms with van der Waals surface area (Å²) in [5.41, 5.74) is 6.24. The summed E-state index contributed by atoms with van der Waals surface area (Å²) in [5, 5.41) is 0. The Balaban J connectivity index is 3.25. The van der Waals surface area contributed by atoms with Gasteiger partial charge in [0.2, 0.25) is 0 Å². The van der Waals surface area contributed by atoms with Crippen molar-refractivity contribution in [3.05, 3.63) is 23.5 Å². The number of nitrogen functional groups attached to an aromatic ring is 1. The Kier molecular flexibility index (Phi) is 2.50. The van der Waals surface area contributed by atoms with Crippen LogP contribution in [0.1, 0.15) is 16.1 Å². The lowest BCUT2D eigenvalue weighted by Gasteiger charge is -2.03. The Morgan fingerprint density at radius 1 is 1.77 bits per heavy atom. The largest absolute Gasteiger partial charge is 0.465 e. The highest BCUT2D eigenvalue weighted by Gasteiger charge is 2.11. The predicted octanol–water partition coefficient (Wildman–Crippen LogP) is 0.432. The molecule has 0 aromatic carbocycles. The molecule has 0 aliphatic heterocycles. The van der Waals surface area contributed by atoms with Gasteiger partial charge in [-0.3, -0.25) is 0 Å². The quantitative estimate of drug-likeness (QED) is 0.498. The SMILES string of the molecule is C#Cc1nccc(C(=O)OC)c1N. The lowest BCUT2D eigenvalue weighted by Crippen LogP contribution is -2.07. The number of pyridine rings is 1. The van der Waals surface area contributed by atoms with E-state index >= 15 is 0 Å². The Morgan fingerprint density at radius 3 is 3.00 bits per heavy atom. The van der Waals surface area contributed by atoms with E-state index in [1.807, 2.05) is 0 Å². The Labute approximate surface area is 75.7 Å². The van der Waals surface area contributed by atoms with Crippen molar-refractivity contribution in [1.82, 2.24) is 4.98 Å². The van der Waals surface area contributed by atoms with Crippen LogP contribution in [0.25, 0.3) is 0 Å². The van der Waals surface area contributed by atoms with Crippen LogP contribution in [-0.4, -0.2) is 18.1 Å². The highest BCUT2D eigenvalue weighted by atomic mass is 16.5. The number of hydrogen-bond acceptors (Lipinski definition) is 4. The van der Waals surface area contributed by atoms with Crippen molar-refractivity contribution >= 4 is 11.7 Å². The number of aromatic nitrogens is 1. The van der Waals surface area contributed by atoms with Crippen LogP contribution >= 0.6 is 0 Å². The van der Waals surface area contributed by atoms with Gasteiger partial charge in [-0.15, -0.1) is 6.42 Å². The molecule has 4 nitrogen and oxygen atoms in total. The van der Waals surface area contributed by atoms with Gasteiger partial charge in [-0.05, 0) is 12.0 Å². The van der Waals surface area contributed by atoms with Gasteiger partial charge in [0.15, 0.2) is 0 Å². The van der Waals surface area contributed by atoms with Crippen molar-refractivity contribution in [3.63, 3.8) is 0 Å². The van der Waals surface area contributed by atoms with Crippen LogP contribution in [0.5, 0.6) is 0 Å². The van der Waals surface area contributed by atoms with Gasteiger partial charge >= 0.3 is 5.97 Å². The van der Waals surface area contributed by atoms with Crippen LogP contribution in [0.2, 0.25) is 0 Å². The van der Waals surface area contributed by atoms with E-state index in [2.05, 4.69) is 15.6 Å². The molecule has 0 amide bonds. The van der Waals surface area contributed by atoms with E-state index < -0.39 is 5.97 Å². The molecule has 0 saturated carbocycles. The minimum absolute atomic E-state index is 0.178. The van der Waals surface area contributed by atoms with Crippen LogP contribution in [-0.2, 0) is 4.74 Å². The third-order valence-corrected chi connectivity index (χ3v) is 1.53. The zero-order chi connectivity index (χ0) is 9.84. The second kappa shape index (κ2) is 3.59. The fourth-order valence-electron chi connectivity index (χ4n) is 0.876. The molecule has 1 aromatic rings. The zero-order valence-corrected chi connectivity index (χ0v) is 7.07. The van der Waals surface area contributed by atoms with Gasteiger partial charge < -0.3 is 10.5 Å². The number of hydrogen-bond donors (Lipinski definition) is 1. The summed E-state index contributed by atoms with van der Waals surface area (Å²) in [4.78, 5) is 14.9. The zero-order valence-electron chi connectivity index (χ0n) is 7.07. The van der Waals surface area contributed by atoms with Crippen LogP contribution < -0.4 is 5.73 Å². The van der Waals surface area contributed by atoms with Crippen LogP contribution in [0.3, 0.4) is 0 Å². The molecule has 66 valence electrons. The minimum atomic E-state index is -0.517. The fraction of sp³-hybridized carbons (Fsp3) is 0.111. The Bertz CT molecular complexity index is 380. The standard InChI is InChI=1S/C9H8N2O2/c1-3-7-8(10)6(4-5-11-7)9(12)13-2/h1,4-5H,10H2,2H3. The number of rotatable bonds is 1. The lowest BCUT2D eigenvalue weighted by molar-refractivity contribution is 0.0602. The molecular formula is C9H8N2O2. The number of ether oxygens (including phenoxy) is 1. The summed E-state index contributed by atoms with van der Waals surface area (Å²) in [5.74, 6) is 1.75. The van der Waals surface area contributed by atoms with Gasteiger partial charge in [-0.2, -0.15) is 0 Å². The van der Waals surface area contributed by atoms with Crippen molar-refractivity contribution in [2.45, 2.75) is 0 Å². The molecule has 13 heavy (non-hydrogen) atoms. The van der Waals surface area contributed by atoms with Gasteiger partial charge in [0.25, 0.3) is 0 Å². The molecule has 1 heterocycles. The predicted molar refractivity (Wildman–Crippen MR) is 47.9 cm³/mol. The number of esters is 1. The first kappa shape index (κ1) is 9.07. The van der Waals surface area contributed by atoms with Gasteiger partial charge in [0.1, 0.15) is 5.69 Å². The van der Waals surface area contributed by atoms with Gasteiger partial charge in [-0.1, -0.05) is 0 Å². The lowest BCUT2D eigenvalue weighted by atomic mass is 10.2. The monoisotopic (exact) mass is 176 g/mol. The number of anilines is 1. The van der Waals surface area contributed by atoms with Crippen LogP contribution in [0.4, 0.5) is 5.69 Å². The molecule has 0 atom stereocenters. The number of nitrogens with zero attached hydrogens (tertiary/aromatic N) is 1. The number of terminal acetylenes is 1. The highest BCUT2D eigenvalue weighted by molar-refractivity contribution is 5.95. The molecule has 0 radical (unpaired) electrons. The molecule has 0 spiro atoms. The number of carbonyl (C=O) groups is 1. The molecule has 0 aliphatic carbocycles. The summed E-state index contributed by atoms with van der Waals surface area (Å²) in [6.45, 7) is 0. The summed E-state index contributed by atoms with van der Waals surface area (Å²) < 4.78 is 4.50. The van der Waals surface area contributed by atoms with Gasteiger partial charge in [0.05, 0.1) is 18.4 Å². The third-order valence-electron chi connectivity index (χ3n) is 1.53. The maximum Gasteiger partial charge on any atom is 0.340 e. The second-order valence-electron chi connectivity index (χ2n) is 2.26. The van der Waals surface area contributed by atoms with E-state index in [9.17, 15) is 4.79 Å². The number of methoxy groups -OCH3 is 1. The minimum Gasteiger partial charge on any atom is -0.465 e. The normalized spacial score (nSPS) is 8.92. The second-order valence-corrected chi connectivity index (χ2v) is 2.26. The molecule has 0 saturated heterocycles. The smallest absolute Gasteiger partial charge is 0.340 e. The van der Waals surface area contributed by atoms with E-state index in [0.717, 1.165) is 0 Å². The number of nitrogens with two attached hydrogens (primary N) is 1. The topological polar surface area (TPSA) is 65.2 Å². The molecule has 0 bridgehead atoms. The first-order valence-corrected chi connectivity index (χ1v) is 3.50. The van der Waals surface area contributed by atoms with Crippen molar-refractivity contribution in [1.29, 1.82) is 0 Å². The van der Waals surface area contributed by atoms with Crippen molar-refractivity contribution in [3.8, 4) is 12.3 Å². The van der Waals surface area contributed by atoms with Gasteiger partial charge in [-0.25, -0.2) is 9.78 Å². The summed E-state index contributed by atoms with van der Waals surface area (Å²) in [6.07, 6.45) is 6.53. The molecule has 4 heteroatoms. The average molecular weight is 176 g/mol. The molecule has 0 aliphatic rings. The van der Waals surface area contributed by atoms with E-state index in [-0.39, 0.29) is 16.9 Å². The molecule has 0 fully saturated rings. The van der Waals surface area contributed by atoms with Crippen LogP contribution in [0.15, 0.2) is 12.3 Å². The third kappa shape index (κ3) is 1.59. The summed E-state index contributed by atoms with van der Waals surface area (Å²) in [6, 6.07) is 1.46. The molecule has 2 N–H and O–H groups in total. The maximum absolute atomic E-state index is 11.1. The van der Waals surface area contributed by atoms with E-state index in [4.69, 9.17) is 12.2 Å². The highest BCUT2D eigenvalue weighted by Crippen LogP contribution is 2.14. The van der Waals surface area contributed by atoms with Crippen LogP contribution in [0, 0.1) is 12.3 Å². The molecule has 0 unspecified atom stereocenters. The Hall–Kier alpha value is -2.02. The van der Waals surface area contributed by atoms with Crippen molar-refractivity contribution in [2.24, 2.45) is 0 Å². The molecular weight excluding hydrogens is 168 g/mol. The first-order chi connectivity index (χ1) is 6.20. The number of carbonyl (C=O) groups excluding carboxylic acids is 1. The van der Waals surface area contributed by atoms with E-state index in [1.165, 1.54) is 19.4 Å². The molecule has 1 aromatic heterocycles. The average Bonchev–Trinajstić information content (AvgIpc) is 2.17. The van der Waals surface area contributed by atoms with Crippen molar-refractivity contribution in [2.75, 3.05) is 12.8 Å². The first-order valence-electron chi connectivity index (χ1n) is 3.50. The summed E-state index contributed by atoms with van der Waals surface area (Å²) in [7, 11) is 1.28. The maximum atomic E-state index is 11.1. The Morgan fingerprint density at radius 2 is 2.46 bits per heavy atom. The molecule has 1 rings (SSSR count).